The molecule has 17 heavy (non-hydrogen) atoms. The lowest BCUT2D eigenvalue weighted by molar-refractivity contribution is 0.398. The summed E-state index contributed by atoms with van der Waals surface area (Å²) in [6, 6.07) is 9.59. The highest BCUT2D eigenvalue weighted by Crippen LogP contribution is 2.26. The largest absolute Gasteiger partial charge is 0.481 e. The Labute approximate surface area is 105 Å². The smallest absolute Gasteiger partial charge is 0.213 e. The van der Waals surface area contributed by atoms with Crippen LogP contribution in [-0.4, -0.2) is 12.1 Å². The molecule has 0 fully saturated rings. The van der Waals surface area contributed by atoms with E-state index in [1.807, 2.05) is 30.3 Å². The average Bonchev–Trinajstić information content (AvgIpc) is 2.39. The minimum Gasteiger partial charge on any atom is -0.481 e. The van der Waals surface area contributed by atoms with Crippen LogP contribution in [-0.2, 0) is 6.54 Å². The summed E-state index contributed by atoms with van der Waals surface area (Å²) in [6.07, 6.45) is 1.71. The lowest BCUT2D eigenvalue weighted by Crippen LogP contribution is -1.97. The third-order valence-electron chi connectivity index (χ3n) is 2.54. The minimum absolute atomic E-state index is 0.425. The Morgan fingerprint density at radius 3 is 2.71 bits per heavy atom. The van der Waals surface area contributed by atoms with Crippen molar-refractivity contribution in [3.63, 3.8) is 0 Å². The van der Waals surface area contributed by atoms with E-state index >= 15 is 0 Å². The lowest BCUT2D eigenvalue weighted by atomic mass is 10.0. The number of hydrogen-bond acceptors (Lipinski definition) is 3. The first-order valence-electron chi connectivity index (χ1n) is 5.23. The fraction of sp³-hybridized carbons (Fsp3) is 0.154. The predicted molar refractivity (Wildman–Crippen MR) is 69.1 cm³/mol. The zero-order valence-corrected chi connectivity index (χ0v) is 10.2. The Morgan fingerprint density at radius 2 is 2.00 bits per heavy atom. The summed E-state index contributed by atoms with van der Waals surface area (Å²) >= 11 is 6.03. The molecular formula is C13H13ClN2O. The van der Waals surface area contributed by atoms with Gasteiger partial charge in [-0.25, -0.2) is 4.98 Å². The van der Waals surface area contributed by atoms with E-state index in [1.165, 1.54) is 0 Å². The number of halogens is 1. The van der Waals surface area contributed by atoms with Crippen LogP contribution in [0.5, 0.6) is 5.88 Å². The van der Waals surface area contributed by atoms with Crippen molar-refractivity contribution in [3.8, 4) is 17.0 Å². The van der Waals surface area contributed by atoms with Gasteiger partial charge in [-0.05, 0) is 34.9 Å². The predicted octanol–water partition coefficient (Wildman–Crippen LogP) is 2.87. The number of methoxy groups -OCH3 is 1. The second-order valence-electron chi connectivity index (χ2n) is 3.60. The van der Waals surface area contributed by atoms with Crippen LogP contribution in [0.3, 0.4) is 0 Å². The van der Waals surface area contributed by atoms with Crippen LogP contribution in [0.15, 0.2) is 36.5 Å². The highest BCUT2D eigenvalue weighted by Gasteiger charge is 2.04. The van der Waals surface area contributed by atoms with Gasteiger partial charge in [0.25, 0.3) is 0 Å². The van der Waals surface area contributed by atoms with Gasteiger partial charge >= 0.3 is 0 Å². The van der Waals surface area contributed by atoms with E-state index in [0.717, 1.165) is 16.7 Å². The number of benzene rings is 1. The first-order chi connectivity index (χ1) is 8.24. The summed E-state index contributed by atoms with van der Waals surface area (Å²) in [6.45, 7) is 0.425. The van der Waals surface area contributed by atoms with Crippen molar-refractivity contribution >= 4 is 11.6 Å². The molecule has 0 bridgehead atoms. The molecule has 3 nitrogen and oxygen atoms in total. The summed E-state index contributed by atoms with van der Waals surface area (Å²) in [5.41, 5.74) is 8.64. The number of nitrogens with two attached hydrogens (primary N) is 1. The highest BCUT2D eigenvalue weighted by molar-refractivity contribution is 6.31. The SMILES string of the molecule is COc1cc(-c2ccc(Cl)c(CN)c2)ccn1. The molecule has 1 aromatic carbocycles. The minimum atomic E-state index is 0.425. The van der Waals surface area contributed by atoms with Gasteiger partial charge in [-0.3, -0.25) is 0 Å². The monoisotopic (exact) mass is 248 g/mol. The molecule has 0 atom stereocenters. The second-order valence-corrected chi connectivity index (χ2v) is 4.00. The Morgan fingerprint density at radius 1 is 1.24 bits per heavy atom. The van der Waals surface area contributed by atoms with Gasteiger partial charge in [0, 0.05) is 23.8 Å². The Hall–Kier alpha value is -1.58. The van der Waals surface area contributed by atoms with Crippen molar-refractivity contribution in [1.82, 2.24) is 4.98 Å². The molecule has 88 valence electrons. The fourth-order valence-electron chi connectivity index (χ4n) is 1.61. The maximum Gasteiger partial charge on any atom is 0.213 e. The summed E-state index contributed by atoms with van der Waals surface area (Å²) in [4.78, 5) is 4.07. The molecular weight excluding hydrogens is 236 g/mol. The number of hydrogen-bond donors (Lipinski definition) is 1. The number of aromatic nitrogens is 1. The molecule has 2 rings (SSSR count). The molecule has 4 heteroatoms. The molecule has 0 saturated heterocycles. The molecule has 0 radical (unpaired) electrons. The second kappa shape index (κ2) is 5.17. The van der Waals surface area contributed by atoms with Gasteiger partial charge in [0.2, 0.25) is 5.88 Å². The molecule has 0 amide bonds. The van der Waals surface area contributed by atoms with Gasteiger partial charge in [-0.15, -0.1) is 0 Å². The van der Waals surface area contributed by atoms with E-state index < -0.39 is 0 Å². The number of ether oxygens (including phenoxy) is 1. The van der Waals surface area contributed by atoms with Crippen LogP contribution in [0.25, 0.3) is 11.1 Å². The van der Waals surface area contributed by atoms with Gasteiger partial charge in [0.05, 0.1) is 7.11 Å². The summed E-state index contributed by atoms with van der Waals surface area (Å²) in [7, 11) is 1.60. The molecule has 0 aliphatic carbocycles. The average molecular weight is 249 g/mol. The Bertz CT molecular complexity index is 529. The Balaban J connectivity index is 2.45. The maximum atomic E-state index is 6.03. The lowest BCUT2D eigenvalue weighted by Gasteiger charge is -2.07. The molecule has 1 heterocycles. The van der Waals surface area contributed by atoms with E-state index in [4.69, 9.17) is 22.1 Å². The third kappa shape index (κ3) is 2.57. The van der Waals surface area contributed by atoms with Crippen LogP contribution >= 0.6 is 11.6 Å². The van der Waals surface area contributed by atoms with Crippen molar-refractivity contribution in [2.24, 2.45) is 5.73 Å². The van der Waals surface area contributed by atoms with Gasteiger partial charge < -0.3 is 10.5 Å². The summed E-state index contributed by atoms with van der Waals surface area (Å²) in [5, 5.41) is 0.692. The van der Waals surface area contributed by atoms with Crippen molar-refractivity contribution in [1.29, 1.82) is 0 Å². The van der Waals surface area contributed by atoms with Crippen molar-refractivity contribution in [3.05, 3.63) is 47.1 Å². The normalized spacial score (nSPS) is 10.3. The molecule has 0 spiro atoms. The summed E-state index contributed by atoms with van der Waals surface area (Å²) in [5.74, 6) is 0.590. The van der Waals surface area contributed by atoms with E-state index in [1.54, 1.807) is 13.3 Å². The molecule has 0 saturated carbocycles. The van der Waals surface area contributed by atoms with Crippen LogP contribution in [0, 0.1) is 0 Å². The maximum absolute atomic E-state index is 6.03. The van der Waals surface area contributed by atoms with Crippen LogP contribution in [0.1, 0.15) is 5.56 Å². The molecule has 0 aliphatic rings. The van der Waals surface area contributed by atoms with Crippen LogP contribution < -0.4 is 10.5 Å². The quantitative estimate of drug-likeness (QED) is 0.909. The Kier molecular flexibility index (Phi) is 3.61. The molecule has 1 aromatic heterocycles. The van der Waals surface area contributed by atoms with E-state index in [0.29, 0.717) is 17.4 Å². The standard InChI is InChI=1S/C13H13ClN2O/c1-17-13-7-10(4-5-16-13)9-2-3-12(14)11(6-9)8-15/h2-7H,8,15H2,1H3. The zero-order chi connectivity index (χ0) is 12.3. The third-order valence-corrected chi connectivity index (χ3v) is 2.91. The highest BCUT2D eigenvalue weighted by atomic mass is 35.5. The number of nitrogens with zero attached hydrogens (tertiary/aromatic N) is 1. The topological polar surface area (TPSA) is 48.1 Å². The first kappa shape index (κ1) is 11.9. The van der Waals surface area contributed by atoms with E-state index in [9.17, 15) is 0 Å². The molecule has 2 aromatic rings. The van der Waals surface area contributed by atoms with Crippen molar-refractivity contribution in [2.75, 3.05) is 7.11 Å². The fourth-order valence-corrected chi connectivity index (χ4v) is 1.81. The number of rotatable bonds is 3. The van der Waals surface area contributed by atoms with Crippen LogP contribution in [0.4, 0.5) is 0 Å². The van der Waals surface area contributed by atoms with Gasteiger partial charge in [-0.1, -0.05) is 17.7 Å². The van der Waals surface area contributed by atoms with Crippen molar-refractivity contribution < 1.29 is 4.74 Å². The van der Waals surface area contributed by atoms with Crippen molar-refractivity contribution in [2.45, 2.75) is 6.54 Å². The van der Waals surface area contributed by atoms with Gasteiger partial charge in [-0.2, -0.15) is 0 Å². The molecule has 2 N–H and O–H groups in total. The van der Waals surface area contributed by atoms with Gasteiger partial charge in [0.15, 0.2) is 0 Å². The van der Waals surface area contributed by atoms with Gasteiger partial charge in [0.1, 0.15) is 0 Å². The number of pyridine rings is 1. The van der Waals surface area contributed by atoms with Crippen LogP contribution in [0.2, 0.25) is 5.02 Å². The first-order valence-corrected chi connectivity index (χ1v) is 5.61. The molecule has 0 unspecified atom stereocenters. The van der Waals surface area contributed by atoms with E-state index in [-0.39, 0.29) is 0 Å². The summed E-state index contributed by atoms with van der Waals surface area (Å²) < 4.78 is 5.09. The molecule has 0 aliphatic heterocycles. The van der Waals surface area contributed by atoms with E-state index in [2.05, 4.69) is 4.98 Å². The zero-order valence-electron chi connectivity index (χ0n) is 9.48.